The largest absolute Gasteiger partial charge is 0.508 e. The molecule has 1 saturated heterocycles. The SMILES string of the molecule is COc1ccc(/C(O)=C2/C(=O)C(=O)N(CCCOC(C)C)C2c2cccc(O)c2)cc1. The summed E-state index contributed by atoms with van der Waals surface area (Å²) in [7, 11) is 1.53. The Labute approximate surface area is 181 Å². The van der Waals surface area contributed by atoms with Crippen molar-refractivity contribution in [3.05, 3.63) is 65.2 Å². The number of hydrogen-bond donors (Lipinski definition) is 2. The molecule has 0 aromatic heterocycles. The average Bonchev–Trinajstić information content (AvgIpc) is 3.01. The van der Waals surface area contributed by atoms with Gasteiger partial charge in [-0.1, -0.05) is 12.1 Å². The molecule has 3 rings (SSSR count). The predicted molar refractivity (Wildman–Crippen MR) is 116 cm³/mol. The van der Waals surface area contributed by atoms with Crippen LogP contribution in [0.4, 0.5) is 0 Å². The number of ketones is 1. The Kier molecular flexibility index (Phi) is 6.97. The number of nitrogens with zero attached hydrogens (tertiary/aromatic N) is 1. The molecule has 164 valence electrons. The number of benzene rings is 2. The number of methoxy groups -OCH3 is 1. The zero-order valence-corrected chi connectivity index (χ0v) is 17.9. The third kappa shape index (κ3) is 4.88. The summed E-state index contributed by atoms with van der Waals surface area (Å²) < 4.78 is 10.7. The van der Waals surface area contributed by atoms with Crippen LogP contribution in [0.5, 0.6) is 11.5 Å². The Hall–Kier alpha value is -3.32. The van der Waals surface area contributed by atoms with Crippen LogP contribution in [0, 0.1) is 0 Å². The molecule has 1 aliphatic heterocycles. The van der Waals surface area contributed by atoms with Gasteiger partial charge in [0.15, 0.2) is 0 Å². The molecule has 7 heteroatoms. The first-order chi connectivity index (χ1) is 14.8. The van der Waals surface area contributed by atoms with Crippen LogP contribution in [0.2, 0.25) is 0 Å². The van der Waals surface area contributed by atoms with Crippen LogP contribution < -0.4 is 4.74 Å². The van der Waals surface area contributed by atoms with Crippen molar-refractivity contribution in [2.45, 2.75) is 32.4 Å². The van der Waals surface area contributed by atoms with Crippen molar-refractivity contribution in [3.63, 3.8) is 0 Å². The smallest absolute Gasteiger partial charge is 0.295 e. The number of amides is 1. The van der Waals surface area contributed by atoms with E-state index in [0.29, 0.717) is 29.9 Å². The first-order valence-electron chi connectivity index (χ1n) is 10.2. The van der Waals surface area contributed by atoms with Crippen molar-refractivity contribution >= 4 is 17.4 Å². The molecule has 7 nitrogen and oxygen atoms in total. The third-order valence-corrected chi connectivity index (χ3v) is 5.08. The van der Waals surface area contributed by atoms with Crippen LogP contribution in [0.3, 0.4) is 0 Å². The molecule has 2 aromatic rings. The highest BCUT2D eigenvalue weighted by atomic mass is 16.5. The van der Waals surface area contributed by atoms with E-state index in [0.717, 1.165) is 0 Å². The van der Waals surface area contributed by atoms with Crippen LogP contribution >= 0.6 is 0 Å². The van der Waals surface area contributed by atoms with E-state index in [4.69, 9.17) is 9.47 Å². The van der Waals surface area contributed by atoms with Gasteiger partial charge in [-0.15, -0.1) is 0 Å². The minimum atomic E-state index is -0.812. The lowest BCUT2D eigenvalue weighted by Gasteiger charge is -2.25. The number of Topliss-reactive ketones (excluding diaryl/α,β-unsaturated/α-hetero) is 1. The van der Waals surface area contributed by atoms with Crippen molar-refractivity contribution in [1.29, 1.82) is 0 Å². The van der Waals surface area contributed by atoms with Crippen LogP contribution in [0.25, 0.3) is 5.76 Å². The van der Waals surface area contributed by atoms with Gasteiger partial charge >= 0.3 is 0 Å². The number of rotatable bonds is 8. The van der Waals surface area contributed by atoms with Crippen LogP contribution in [0.1, 0.15) is 37.4 Å². The molecule has 0 bridgehead atoms. The van der Waals surface area contributed by atoms with Crippen molar-refractivity contribution in [3.8, 4) is 11.5 Å². The Bertz CT molecular complexity index is 980. The highest BCUT2D eigenvalue weighted by Gasteiger charge is 2.45. The maximum absolute atomic E-state index is 12.9. The summed E-state index contributed by atoms with van der Waals surface area (Å²) in [6.07, 6.45) is 0.593. The number of aromatic hydroxyl groups is 1. The predicted octanol–water partition coefficient (Wildman–Crippen LogP) is 3.64. The first-order valence-corrected chi connectivity index (χ1v) is 10.2. The summed E-state index contributed by atoms with van der Waals surface area (Å²) in [4.78, 5) is 27.2. The summed E-state index contributed by atoms with van der Waals surface area (Å²) in [6, 6.07) is 12.1. The van der Waals surface area contributed by atoms with E-state index in [1.807, 2.05) is 13.8 Å². The number of phenolic OH excluding ortho intramolecular Hbond substituents is 1. The number of carbonyl (C=O) groups is 2. The summed E-state index contributed by atoms with van der Waals surface area (Å²) in [6.45, 7) is 4.56. The second kappa shape index (κ2) is 9.66. The maximum atomic E-state index is 12.9. The fourth-order valence-corrected chi connectivity index (χ4v) is 3.61. The van der Waals surface area contributed by atoms with Crippen LogP contribution in [0.15, 0.2) is 54.1 Å². The quantitative estimate of drug-likeness (QED) is 0.290. The molecule has 2 N–H and O–H groups in total. The van der Waals surface area contributed by atoms with Gasteiger partial charge in [-0.2, -0.15) is 0 Å². The highest BCUT2D eigenvalue weighted by Crippen LogP contribution is 2.40. The van der Waals surface area contributed by atoms with E-state index in [-0.39, 0.29) is 29.7 Å². The van der Waals surface area contributed by atoms with E-state index >= 15 is 0 Å². The lowest BCUT2D eigenvalue weighted by Crippen LogP contribution is -2.31. The molecule has 1 amide bonds. The Morgan fingerprint density at radius 2 is 1.84 bits per heavy atom. The number of ether oxygens (including phenoxy) is 2. The molecule has 1 unspecified atom stereocenters. The molecular formula is C24H27NO6. The maximum Gasteiger partial charge on any atom is 0.295 e. The molecule has 1 heterocycles. The van der Waals surface area contributed by atoms with E-state index in [2.05, 4.69) is 0 Å². The standard InChI is InChI=1S/C24H27NO6/c1-15(2)31-13-5-12-25-21(17-6-4-7-18(26)14-17)20(23(28)24(25)29)22(27)16-8-10-19(30-3)11-9-16/h4,6-11,14-15,21,26-27H,5,12-13H2,1-3H3/b22-20-. The number of aliphatic hydroxyl groups excluding tert-OH is 1. The molecule has 2 aromatic carbocycles. The van der Waals surface area contributed by atoms with Gasteiger partial charge in [-0.05, 0) is 62.2 Å². The number of phenols is 1. The number of carbonyl (C=O) groups excluding carboxylic acids is 2. The number of likely N-dealkylation sites (tertiary alicyclic amines) is 1. The van der Waals surface area contributed by atoms with Crippen LogP contribution in [-0.4, -0.2) is 53.2 Å². The van der Waals surface area contributed by atoms with Gasteiger partial charge in [0.25, 0.3) is 11.7 Å². The summed E-state index contributed by atoms with van der Waals surface area (Å²) in [5, 5.41) is 21.0. The number of hydrogen-bond acceptors (Lipinski definition) is 6. The van der Waals surface area contributed by atoms with Crippen molar-refractivity contribution in [2.75, 3.05) is 20.3 Å². The van der Waals surface area contributed by atoms with E-state index in [9.17, 15) is 19.8 Å². The molecule has 1 aliphatic rings. The molecule has 0 spiro atoms. The summed E-state index contributed by atoms with van der Waals surface area (Å²) >= 11 is 0. The van der Waals surface area contributed by atoms with Crippen LogP contribution in [-0.2, 0) is 14.3 Å². The van der Waals surface area contributed by atoms with Gasteiger partial charge in [-0.3, -0.25) is 9.59 Å². The normalized spacial score (nSPS) is 18.1. The summed E-state index contributed by atoms with van der Waals surface area (Å²) in [5.74, 6) is -1.10. The molecule has 0 radical (unpaired) electrons. The van der Waals surface area contributed by atoms with Crippen molar-refractivity contribution < 1.29 is 29.3 Å². The lowest BCUT2D eigenvalue weighted by molar-refractivity contribution is -0.140. The third-order valence-electron chi connectivity index (χ3n) is 5.08. The van der Waals surface area contributed by atoms with E-state index < -0.39 is 17.7 Å². The van der Waals surface area contributed by atoms with Gasteiger partial charge in [0, 0.05) is 18.7 Å². The molecule has 1 atom stereocenters. The summed E-state index contributed by atoms with van der Waals surface area (Å²) in [5.41, 5.74) is 0.927. The van der Waals surface area contributed by atoms with Gasteiger partial charge in [0.2, 0.25) is 0 Å². The Morgan fingerprint density at radius 3 is 2.45 bits per heavy atom. The molecular weight excluding hydrogens is 398 g/mol. The Morgan fingerprint density at radius 1 is 1.13 bits per heavy atom. The molecule has 31 heavy (non-hydrogen) atoms. The monoisotopic (exact) mass is 425 g/mol. The molecule has 0 saturated carbocycles. The van der Waals surface area contributed by atoms with E-state index in [1.165, 1.54) is 24.1 Å². The molecule has 1 fully saturated rings. The average molecular weight is 425 g/mol. The topological polar surface area (TPSA) is 96.3 Å². The molecule has 0 aliphatic carbocycles. The minimum absolute atomic E-state index is 0.00875. The first kappa shape index (κ1) is 22.4. The zero-order valence-electron chi connectivity index (χ0n) is 17.9. The van der Waals surface area contributed by atoms with E-state index in [1.54, 1.807) is 36.4 Å². The van der Waals surface area contributed by atoms with Gasteiger partial charge in [0.05, 0.1) is 24.8 Å². The minimum Gasteiger partial charge on any atom is -0.508 e. The number of aliphatic hydroxyl groups is 1. The second-order valence-corrected chi connectivity index (χ2v) is 7.59. The van der Waals surface area contributed by atoms with Crippen molar-refractivity contribution in [2.24, 2.45) is 0 Å². The van der Waals surface area contributed by atoms with Crippen molar-refractivity contribution in [1.82, 2.24) is 4.90 Å². The fourth-order valence-electron chi connectivity index (χ4n) is 3.61. The second-order valence-electron chi connectivity index (χ2n) is 7.59. The zero-order chi connectivity index (χ0) is 22.5. The lowest BCUT2D eigenvalue weighted by atomic mass is 9.95. The van der Waals surface area contributed by atoms with Gasteiger partial charge in [0.1, 0.15) is 17.3 Å². The Balaban J connectivity index is 2.02. The highest BCUT2D eigenvalue weighted by molar-refractivity contribution is 6.46. The van der Waals surface area contributed by atoms with Gasteiger partial charge < -0.3 is 24.6 Å². The van der Waals surface area contributed by atoms with Gasteiger partial charge in [-0.25, -0.2) is 0 Å². The fraction of sp³-hybridized carbons (Fsp3) is 0.333.